The van der Waals surface area contributed by atoms with E-state index in [0.717, 1.165) is 25.8 Å². The van der Waals surface area contributed by atoms with Gasteiger partial charge in [-0.3, -0.25) is 9.69 Å². The molecule has 2 aromatic rings. The molecular formula is C22H29NO2. The average molecular weight is 339 g/mol. The maximum absolute atomic E-state index is 11.5. The minimum atomic E-state index is -0.723. The van der Waals surface area contributed by atoms with Crippen LogP contribution in [-0.4, -0.2) is 22.0 Å². The van der Waals surface area contributed by atoms with Gasteiger partial charge in [0.05, 0.1) is 6.42 Å². The second kappa shape index (κ2) is 10.00. The predicted octanol–water partition coefficient (Wildman–Crippen LogP) is 5.28. The monoisotopic (exact) mass is 339 g/mol. The van der Waals surface area contributed by atoms with Crippen LogP contribution in [0.15, 0.2) is 60.7 Å². The summed E-state index contributed by atoms with van der Waals surface area (Å²) >= 11 is 0. The number of hydrogen-bond donors (Lipinski definition) is 1. The van der Waals surface area contributed by atoms with Crippen molar-refractivity contribution in [3.8, 4) is 0 Å². The van der Waals surface area contributed by atoms with Gasteiger partial charge in [-0.2, -0.15) is 0 Å². The van der Waals surface area contributed by atoms with Gasteiger partial charge in [0.15, 0.2) is 0 Å². The summed E-state index contributed by atoms with van der Waals surface area (Å²) in [5, 5.41) is 9.42. The highest BCUT2D eigenvalue weighted by Crippen LogP contribution is 2.28. The average Bonchev–Trinajstić information content (AvgIpc) is 2.64. The Kier molecular flexibility index (Phi) is 7.68. The molecule has 3 nitrogen and oxygen atoms in total. The Bertz CT molecular complexity index is 627. The van der Waals surface area contributed by atoms with E-state index in [2.05, 4.69) is 43.0 Å². The first-order valence-corrected chi connectivity index (χ1v) is 9.18. The topological polar surface area (TPSA) is 40.5 Å². The van der Waals surface area contributed by atoms with Crippen molar-refractivity contribution in [3.63, 3.8) is 0 Å². The van der Waals surface area contributed by atoms with Gasteiger partial charge in [-0.15, -0.1) is 0 Å². The molecule has 1 unspecified atom stereocenters. The van der Waals surface area contributed by atoms with Crippen molar-refractivity contribution in [1.82, 2.24) is 4.90 Å². The van der Waals surface area contributed by atoms with Crippen LogP contribution in [0.5, 0.6) is 0 Å². The molecule has 0 amide bonds. The number of rotatable bonds is 10. The highest BCUT2D eigenvalue weighted by atomic mass is 16.4. The van der Waals surface area contributed by atoms with Gasteiger partial charge in [0, 0.05) is 18.6 Å². The number of carboxylic acids is 1. The Morgan fingerprint density at radius 1 is 1.04 bits per heavy atom. The third kappa shape index (κ3) is 6.02. The summed E-state index contributed by atoms with van der Waals surface area (Å²) in [7, 11) is 0. The number of hydrogen-bond acceptors (Lipinski definition) is 2. The quantitative estimate of drug-likeness (QED) is 0.640. The second-order valence-electron chi connectivity index (χ2n) is 6.64. The molecule has 0 bridgehead atoms. The molecule has 3 heteroatoms. The molecule has 134 valence electrons. The molecule has 0 aliphatic carbocycles. The molecule has 2 rings (SSSR count). The number of carboxylic acid groups (broad SMARTS) is 1. The molecule has 0 aliphatic heterocycles. The molecule has 0 saturated heterocycles. The SMILES string of the molecule is CCCCC(CC(=O)O)N(Cc1ccccc1)[C@H](C)c1ccccc1. The standard InChI is InChI=1S/C22H29NO2/c1-3-4-15-21(16-22(24)25)23(17-19-11-7-5-8-12-19)18(2)20-13-9-6-10-14-20/h5-14,18,21H,3-4,15-17H2,1-2H3,(H,24,25)/t18-,21?/m1/s1. The fourth-order valence-corrected chi connectivity index (χ4v) is 3.33. The molecule has 0 saturated carbocycles. The molecule has 0 aromatic heterocycles. The minimum Gasteiger partial charge on any atom is -0.481 e. The van der Waals surface area contributed by atoms with Crippen LogP contribution in [0.1, 0.15) is 56.7 Å². The predicted molar refractivity (Wildman–Crippen MR) is 102 cm³/mol. The molecule has 0 radical (unpaired) electrons. The molecule has 0 heterocycles. The van der Waals surface area contributed by atoms with E-state index in [4.69, 9.17) is 0 Å². The molecule has 25 heavy (non-hydrogen) atoms. The minimum absolute atomic E-state index is 0.0351. The van der Waals surface area contributed by atoms with Gasteiger partial charge < -0.3 is 5.11 Å². The summed E-state index contributed by atoms with van der Waals surface area (Å²) < 4.78 is 0. The zero-order valence-corrected chi connectivity index (χ0v) is 15.3. The lowest BCUT2D eigenvalue weighted by Gasteiger charge is -2.36. The van der Waals surface area contributed by atoms with E-state index < -0.39 is 5.97 Å². The van der Waals surface area contributed by atoms with E-state index in [9.17, 15) is 9.90 Å². The van der Waals surface area contributed by atoms with Crippen LogP contribution in [-0.2, 0) is 11.3 Å². The third-order valence-electron chi connectivity index (χ3n) is 4.76. The van der Waals surface area contributed by atoms with Gasteiger partial charge in [0.2, 0.25) is 0 Å². The number of carbonyl (C=O) groups is 1. The first-order valence-electron chi connectivity index (χ1n) is 9.18. The Morgan fingerprint density at radius 2 is 1.64 bits per heavy atom. The van der Waals surface area contributed by atoms with E-state index in [-0.39, 0.29) is 18.5 Å². The molecule has 0 fully saturated rings. The zero-order chi connectivity index (χ0) is 18.1. The van der Waals surface area contributed by atoms with Gasteiger partial charge in [-0.1, -0.05) is 80.4 Å². The maximum atomic E-state index is 11.5. The molecule has 2 aromatic carbocycles. The maximum Gasteiger partial charge on any atom is 0.304 e. The Hall–Kier alpha value is -2.13. The van der Waals surface area contributed by atoms with Crippen molar-refractivity contribution in [2.24, 2.45) is 0 Å². The van der Waals surface area contributed by atoms with E-state index in [1.807, 2.05) is 36.4 Å². The van der Waals surface area contributed by atoms with Crippen LogP contribution < -0.4 is 0 Å². The van der Waals surface area contributed by atoms with Crippen molar-refractivity contribution in [3.05, 3.63) is 71.8 Å². The van der Waals surface area contributed by atoms with E-state index in [1.54, 1.807) is 0 Å². The van der Waals surface area contributed by atoms with E-state index in [1.165, 1.54) is 11.1 Å². The second-order valence-corrected chi connectivity index (χ2v) is 6.64. The molecule has 2 atom stereocenters. The summed E-state index contributed by atoms with van der Waals surface area (Å²) in [6, 6.07) is 20.9. The van der Waals surface area contributed by atoms with Crippen molar-refractivity contribution in [2.45, 2.75) is 58.2 Å². The summed E-state index contributed by atoms with van der Waals surface area (Å²) in [5.41, 5.74) is 2.45. The van der Waals surface area contributed by atoms with Crippen molar-refractivity contribution in [1.29, 1.82) is 0 Å². The first-order chi connectivity index (χ1) is 12.1. The van der Waals surface area contributed by atoms with Gasteiger partial charge in [0.1, 0.15) is 0 Å². The Balaban J connectivity index is 2.29. The number of aliphatic carboxylic acids is 1. The largest absolute Gasteiger partial charge is 0.481 e. The van der Waals surface area contributed by atoms with Crippen LogP contribution in [0.25, 0.3) is 0 Å². The zero-order valence-electron chi connectivity index (χ0n) is 15.3. The van der Waals surface area contributed by atoms with E-state index in [0.29, 0.717) is 0 Å². The summed E-state index contributed by atoms with van der Waals surface area (Å²) in [6.07, 6.45) is 3.22. The smallest absolute Gasteiger partial charge is 0.304 e. The van der Waals surface area contributed by atoms with Crippen LogP contribution >= 0.6 is 0 Å². The van der Waals surface area contributed by atoms with Gasteiger partial charge in [0.25, 0.3) is 0 Å². The molecular weight excluding hydrogens is 310 g/mol. The Morgan fingerprint density at radius 3 is 2.20 bits per heavy atom. The fraction of sp³-hybridized carbons (Fsp3) is 0.409. The van der Waals surface area contributed by atoms with Crippen LogP contribution in [0.2, 0.25) is 0 Å². The molecule has 0 spiro atoms. The summed E-state index contributed by atoms with van der Waals surface area (Å²) in [4.78, 5) is 13.8. The van der Waals surface area contributed by atoms with Crippen LogP contribution in [0, 0.1) is 0 Å². The van der Waals surface area contributed by atoms with Crippen LogP contribution in [0.4, 0.5) is 0 Å². The highest BCUT2D eigenvalue weighted by Gasteiger charge is 2.26. The summed E-state index contributed by atoms with van der Waals surface area (Å²) in [5.74, 6) is -0.723. The lowest BCUT2D eigenvalue weighted by Crippen LogP contribution is -2.38. The highest BCUT2D eigenvalue weighted by molar-refractivity contribution is 5.67. The first kappa shape index (κ1) is 19.2. The van der Waals surface area contributed by atoms with E-state index >= 15 is 0 Å². The number of benzene rings is 2. The van der Waals surface area contributed by atoms with Gasteiger partial charge >= 0.3 is 5.97 Å². The molecule has 0 aliphatic rings. The third-order valence-corrected chi connectivity index (χ3v) is 4.76. The number of nitrogens with zero attached hydrogens (tertiary/aromatic N) is 1. The fourth-order valence-electron chi connectivity index (χ4n) is 3.33. The lowest BCUT2D eigenvalue weighted by atomic mass is 9.98. The number of unbranched alkanes of at least 4 members (excludes halogenated alkanes) is 1. The van der Waals surface area contributed by atoms with Crippen LogP contribution in [0.3, 0.4) is 0 Å². The van der Waals surface area contributed by atoms with Crippen molar-refractivity contribution < 1.29 is 9.90 Å². The van der Waals surface area contributed by atoms with Gasteiger partial charge in [-0.25, -0.2) is 0 Å². The van der Waals surface area contributed by atoms with Gasteiger partial charge in [-0.05, 0) is 24.5 Å². The normalized spacial score (nSPS) is 13.6. The Labute approximate surface area is 151 Å². The van der Waals surface area contributed by atoms with Crippen molar-refractivity contribution >= 4 is 5.97 Å². The lowest BCUT2D eigenvalue weighted by molar-refractivity contribution is -0.138. The van der Waals surface area contributed by atoms with Crippen molar-refractivity contribution in [2.75, 3.05) is 0 Å². The molecule has 1 N–H and O–H groups in total. The summed E-state index contributed by atoms with van der Waals surface area (Å²) in [6.45, 7) is 5.09.